The molecule has 100 valence electrons. The lowest BCUT2D eigenvalue weighted by atomic mass is 10.1. The van der Waals surface area contributed by atoms with Gasteiger partial charge in [-0.2, -0.15) is 13.2 Å². The Kier molecular flexibility index (Phi) is 3.49. The molecular formula is C12H6BrF3O3. The quantitative estimate of drug-likeness (QED) is 0.631. The van der Waals surface area contributed by atoms with Crippen LogP contribution in [0.25, 0.3) is 11.0 Å². The zero-order valence-corrected chi connectivity index (χ0v) is 10.8. The van der Waals surface area contributed by atoms with E-state index in [-0.39, 0.29) is 5.76 Å². The molecule has 3 nitrogen and oxygen atoms in total. The number of hydrogen-bond acceptors (Lipinski definition) is 3. The summed E-state index contributed by atoms with van der Waals surface area (Å²) in [6.45, 7) is 0. The van der Waals surface area contributed by atoms with Gasteiger partial charge in [0, 0.05) is 9.86 Å². The number of Topliss-reactive ketones (excluding diaryl/α,β-unsaturated/α-hetero) is 2. The molecule has 0 amide bonds. The molecule has 1 heterocycles. The van der Waals surface area contributed by atoms with Gasteiger partial charge in [0.25, 0.3) is 0 Å². The van der Waals surface area contributed by atoms with Crippen molar-refractivity contribution in [2.75, 3.05) is 0 Å². The molecule has 0 bridgehead atoms. The molecule has 0 aliphatic carbocycles. The first-order chi connectivity index (χ1) is 8.77. The van der Waals surface area contributed by atoms with Crippen molar-refractivity contribution in [3.05, 3.63) is 34.5 Å². The Hall–Kier alpha value is -1.63. The molecule has 0 saturated carbocycles. The van der Waals surface area contributed by atoms with Gasteiger partial charge in [-0.25, -0.2) is 0 Å². The summed E-state index contributed by atoms with van der Waals surface area (Å²) in [6, 6.07) is 6.20. The van der Waals surface area contributed by atoms with Crippen LogP contribution in [0, 0.1) is 0 Å². The molecule has 1 aromatic carbocycles. The first-order valence-electron chi connectivity index (χ1n) is 5.09. The minimum atomic E-state index is -5.01. The van der Waals surface area contributed by atoms with Crippen LogP contribution in [0.3, 0.4) is 0 Å². The Morgan fingerprint density at radius 3 is 2.53 bits per heavy atom. The molecule has 0 saturated heterocycles. The van der Waals surface area contributed by atoms with Crippen molar-refractivity contribution in [2.24, 2.45) is 0 Å². The van der Waals surface area contributed by atoms with Crippen LogP contribution in [0.5, 0.6) is 0 Å². The van der Waals surface area contributed by atoms with Crippen molar-refractivity contribution < 1.29 is 27.2 Å². The lowest BCUT2D eigenvalue weighted by Crippen LogP contribution is -2.25. The average Bonchev–Trinajstić information content (AvgIpc) is 2.70. The average molecular weight is 335 g/mol. The van der Waals surface area contributed by atoms with E-state index in [4.69, 9.17) is 4.42 Å². The number of halogens is 4. The summed E-state index contributed by atoms with van der Waals surface area (Å²) >= 11 is 3.22. The molecule has 0 N–H and O–H groups in total. The molecule has 0 aliphatic rings. The highest BCUT2D eigenvalue weighted by atomic mass is 79.9. The van der Waals surface area contributed by atoms with Crippen LogP contribution in [0.4, 0.5) is 13.2 Å². The van der Waals surface area contributed by atoms with Crippen LogP contribution < -0.4 is 0 Å². The van der Waals surface area contributed by atoms with E-state index in [1.165, 1.54) is 6.07 Å². The second kappa shape index (κ2) is 4.80. The van der Waals surface area contributed by atoms with Crippen molar-refractivity contribution in [2.45, 2.75) is 12.6 Å². The Morgan fingerprint density at radius 1 is 1.21 bits per heavy atom. The number of rotatable bonds is 3. The standard InChI is InChI=1S/C12H6BrF3O3/c13-7-1-2-9-6(3-7)4-10(19-9)8(17)5-11(18)12(14,15)16/h1-4H,5H2. The van der Waals surface area contributed by atoms with Gasteiger partial charge < -0.3 is 4.42 Å². The predicted octanol–water partition coefficient (Wildman–Crippen LogP) is 3.90. The van der Waals surface area contributed by atoms with E-state index < -0.39 is 24.2 Å². The topological polar surface area (TPSA) is 47.3 Å². The fraction of sp³-hybridized carbons (Fsp3) is 0.167. The van der Waals surface area contributed by atoms with Gasteiger partial charge in [-0.15, -0.1) is 0 Å². The van der Waals surface area contributed by atoms with Crippen LogP contribution in [0.1, 0.15) is 17.0 Å². The van der Waals surface area contributed by atoms with Crippen LogP contribution in [0.15, 0.2) is 33.2 Å². The number of benzene rings is 1. The van der Waals surface area contributed by atoms with Gasteiger partial charge in [-0.05, 0) is 24.3 Å². The summed E-state index contributed by atoms with van der Waals surface area (Å²) in [5.41, 5.74) is 0.367. The number of carbonyl (C=O) groups is 2. The van der Waals surface area contributed by atoms with Crippen molar-refractivity contribution in [3.8, 4) is 0 Å². The van der Waals surface area contributed by atoms with Crippen molar-refractivity contribution >= 4 is 38.5 Å². The Labute approximate surface area is 113 Å². The molecule has 1 aromatic heterocycles. The molecule has 19 heavy (non-hydrogen) atoms. The zero-order valence-electron chi connectivity index (χ0n) is 9.25. The van der Waals surface area contributed by atoms with Crippen LogP contribution in [0.2, 0.25) is 0 Å². The maximum atomic E-state index is 12.0. The largest absolute Gasteiger partial charge is 0.453 e. The highest BCUT2D eigenvalue weighted by molar-refractivity contribution is 9.10. The minimum Gasteiger partial charge on any atom is -0.453 e. The smallest absolute Gasteiger partial charge is 0.450 e. The van der Waals surface area contributed by atoms with Crippen molar-refractivity contribution in [1.82, 2.24) is 0 Å². The maximum absolute atomic E-state index is 12.0. The predicted molar refractivity (Wildman–Crippen MR) is 63.9 cm³/mol. The third kappa shape index (κ3) is 3.04. The van der Waals surface area contributed by atoms with Gasteiger partial charge in [-0.3, -0.25) is 9.59 Å². The number of carbonyl (C=O) groups excluding carboxylic acids is 2. The van der Waals surface area contributed by atoms with E-state index in [0.29, 0.717) is 11.0 Å². The van der Waals surface area contributed by atoms with E-state index in [1.54, 1.807) is 18.2 Å². The number of ketones is 2. The summed E-state index contributed by atoms with van der Waals surface area (Å²) in [5, 5.41) is 0.567. The number of alkyl halides is 3. The molecule has 0 atom stereocenters. The molecule has 0 unspecified atom stereocenters. The Bertz CT molecular complexity index is 658. The van der Waals surface area contributed by atoms with Gasteiger partial charge in [-0.1, -0.05) is 15.9 Å². The molecular weight excluding hydrogens is 329 g/mol. The fourth-order valence-corrected chi connectivity index (χ4v) is 1.86. The van der Waals surface area contributed by atoms with Gasteiger partial charge in [0.1, 0.15) is 5.58 Å². The Morgan fingerprint density at radius 2 is 1.89 bits per heavy atom. The number of fused-ring (bicyclic) bond motifs is 1. The summed E-state index contributed by atoms with van der Waals surface area (Å²) in [5.74, 6) is -3.33. The Balaban J connectivity index is 2.25. The molecule has 0 fully saturated rings. The van der Waals surface area contributed by atoms with Crippen molar-refractivity contribution in [1.29, 1.82) is 0 Å². The van der Waals surface area contributed by atoms with Crippen LogP contribution in [-0.4, -0.2) is 17.7 Å². The monoisotopic (exact) mass is 334 g/mol. The molecule has 0 aliphatic heterocycles. The second-order valence-electron chi connectivity index (χ2n) is 3.81. The second-order valence-corrected chi connectivity index (χ2v) is 4.73. The number of hydrogen-bond donors (Lipinski definition) is 0. The maximum Gasteiger partial charge on any atom is 0.450 e. The third-order valence-corrected chi connectivity index (χ3v) is 2.88. The molecule has 0 radical (unpaired) electrons. The normalized spacial score (nSPS) is 11.8. The van der Waals surface area contributed by atoms with Crippen LogP contribution >= 0.6 is 15.9 Å². The SMILES string of the molecule is O=C(CC(=O)C(F)(F)F)c1cc2cc(Br)ccc2o1. The molecule has 2 rings (SSSR count). The van der Waals surface area contributed by atoms with E-state index in [9.17, 15) is 22.8 Å². The molecule has 2 aromatic rings. The lowest BCUT2D eigenvalue weighted by molar-refractivity contribution is -0.170. The van der Waals surface area contributed by atoms with Gasteiger partial charge in [0.05, 0.1) is 6.42 Å². The summed E-state index contributed by atoms with van der Waals surface area (Å²) < 4.78 is 42.0. The van der Waals surface area contributed by atoms with Gasteiger partial charge in [0.15, 0.2) is 5.76 Å². The van der Waals surface area contributed by atoms with Gasteiger partial charge in [0.2, 0.25) is 11.6 Å². The van der Waals surface area contributed by atoms with E-state index >= 15 is 0 Å². The van der Waals surface area contributed by atoms with Crippen molar-refractivity contribution in [3.63, 3.8) is 0 Å². The summed E-state index contributed by atoms with van der Waals surface area (Å²) in [7, 11) is 0. The first-order valence-corrected chi connectivity index (χ1v) is 5.89. The van der Waals surface area contributed by atoms with E-state index in [1.807, 2.05) is 0 Å². The number of furan rings is 1. The fourth-order valence-electron chi connectivity index (χ4n) is 1.48. The van der Waals surface area contributed by atoms with E-state index in [0.717, 1.165) is 4.47 Å². The van der Waals surface area contributed by atoms with Crippen LogP contribution in [-0.2, 0) is 4.79 Å². The van der Waals surface area contributed by atoms with E-state index in [2.05, 4.69) is 15.9 Å². The zero-order chi connectivity index (χ0) is 14.2. The summed E-state index contributed by atoms with van der Waals surface area (Å²) in [4.78, 5) is 22.3. The molecule has 0 spiro atoms. The minimum absolute atomic E-state index is 0.259. The molecule has 7 heteroatoms. The first kappa shape index (κ1) is 13.8. The van der Waals surface area contributed by atoms with Gasteiger partial charge >= 0.3 is 6.18 Å². The highest BCUT2D eigenvalue weighted by Crippen LogP contribution is 2.25. The lowest BCUT2D eigenvalue weighted by Gasteiger charge is -2.02. The highest BCUT2D eigenvalue weighted by Gasteiger charge is 2.39. The summed E-state index contributed by atoms with van der Waals surface area (Å²) in [6.07, 6.45) is -6.25. The third-order valence-electron chi connectivity index (χ3n) is 2.39.